The molecule has 108 valence electrons. The van der Waals surface area contributed by atoms with Crippen LogP contribution in [0.4, 0.5) is 5.69 Å². The number of fused-ring (bicyclic) bond motifs is 1. The monoisotopic (exact) mass is 286 g/mol. The van der Waals surface area contributed by atoms with Gasteiger partial charge in [0.05, 0.1) is 6.54 Å². The Kier molecular flexibility index (Phi) is 4.24. The van der Waals surface area contributed by atoms with Gasteiger partial charge >= 0.3 is 5.97 Å². The number of carbonyl (C=O) groups excluding carboxylic acids is 2. The SMILES string of the molecule is C#CCN(CC(=O)O)C(=O)c1ccc2c(c1)CCC(=O)N2. The average Bonchev–Trinajstić information content (AvgIpc) is 2.45. The summed E-state index contributed by atoms with van der Waals surface area (Å²) in [4.78, 5) is 35.5. The number of aryl methyl sites for hydroxylation is 1. The highest BCUT2D eigenvalue weighted by Gasteiger charge is 2.21. The molecule has 1 aliphatic heterocycles. The highest BCUT2D eigenvalue weighted by molar-refractivity contribution is 5.98. The Balaban J connectivity index is 2.24. The van der Waals surface area contributed by atoms with E-state index in [1.807, 2.05) is 0 Å². The van der Waals surface area contributed by atoms with Gasteiger partial charge in [-0.05, 0) is 30.2 Å². The van der Waals surface area contributed by atoms with E-state index in [1.165, 1.54) is 0 Å². The molecule has 6 nitrogen and oxygen atoms in total. The normalized spacial score (nSPS) is 12.8. The lowest BCUT2D eigenvalue weighted by Gasteiger charge is -2.21. The number of carboxylic acid groups (broad SMARTS) is 1. The largest absolute Gasteiger partial charge is 0.480 e. The summed E-state index contributed by atoms with van der Waals surface area (Å²) < 4.78 is 0. The summed E-state index contributed by atoms with van der Waals surface area (Å²) in [7, 11) is 0. The van der Waals surface area contributed by atoms with Crippen LogP contribution in [0, 0.1) is 12.3 Å². The summed E-state index contributed by atoms with van der Waals surface area (Å²) in [5.41, 5.74) is 1.90. The van der Waals surface area contributed by atoms with Gasteiger partial charge in [-0.25, -0.2) is 0 Å². The fraction of sp³-hybridized carbons (Fsp3) is 0.267. The third-order valence-electron chi connectivity index (χ3n) is 3.14. The number of nitrogens with zero attached hydrogens (tertiary/aromatic N) is 1. The van der Waals surface area contributed by atoms with E-state index in [2.05, 4.69) is 11.2 Å². The van der Waals surface area contributed by atoms with Crippen LogP contribution in [0.5, 0.6) is 0 Å². The van der Waals surface area contributed by atoms with Crippen LogP contribution in [0.15, 0.2) is 18.2 Å². The highest BCUT2D eigenvalue weighted by atomic mass is 16.4. The number of terminal acetylenes is 1. The van der Waals surface area contributed by atoms with Gasteiger partial charge in [0.1, 0.15) is 6.54 Å². The number of benzene rings is 1. The Labute approximate surface area is 121 Å². The number of carbonyl (C=O) groups is 3. The van der Waals surface area contributed by atoms with Crippen molar-refractivity contribution in [2.75, 3.05) is 18.4 Å². The molecule has 1 aliphatic rings. The van der Waals surface area contributed by atoms with Crippen LogP contribution in [-0.4, -0.2) is 40.9 Å². The molecule has 0 aromatic heterocycles. The van der Waals surface area contributed by atoms with E-state index >= 15 is 0 Å². The van der Waals surface area contributed by atoms with Crippen LogP contribution in [0.2, 0.25) is 0 Å². The first-order valence-electron chi connectivity index (χ1n) is 6.38. The number of carboxylic acids is 1. The molecule has 1 heterocycles. The smallest absolute Gasteiger partial charge is 0.323 e. The molecule has 0 unspecified atom stereocenters. The van der Waals surface area contributed by atoms with Crippen molar-refractivity contribution < 1.29 is 19.5 Å². The van der Waals surface area contributed by atoms with Gasteiger partial charge in [-0.15, -0.1) is 6.42 Å². The topological polar surface area (TPSA) is 86.7 Å². The summed E-state index contributed by atoms with van der Waals surface area (Å²) >= 11 is 0. The predicted octanol–water partition coefficient (Wildman–Crippen LogP) is 0.731. The van der Waals surface area contributed by atoms with Crippen molar-refractivity contribution in [3.05, 3.63) is 29.3 Å². The van der Waals surface area contributed by atoms with Gasteiger partial charge in [0.25, 0.3) is 5.91 Å². The van der Waals surface area contributed by atoms with Gasteiger partial charge in [0.2, 0.25) is 5.91 Å². The molecule has 21 heavy (non-hydrogen) atoms. The van der Waals surface area contributed by atoms with E-state index in [0.29, 0.717) is 24.1 Å². The van der Waals surface area contributed by atoms with Gasteiger partial charge in [-0.2, -0.15) is 0 Å². The minimum atomic E-state index is -1.12. The summed E-state index contributed by atoms with van der Waals surface area (Å²) in [6.07, 6.45) is 6.08. The van der Waals surface area contributed by atoms with Crippen molar-refractivity contribution in [2.24, 2.45) is 0 Å². The minimum Gasteiger partial charge on any atom is -0.480 e. The fourth-order valence-electron chi connectivity index (χ4n) is 2.17. The zero-order valence-corrected chi connectivity index (χ0v) is 11.3. The Morgan fingerprint density at radius 3 is 2.81 bits per heavy atom. The lowest BCUT2D eigenvalue weighted by atomic mass is 10.00. The number of hydrogen-bond donors (Lipinski definition) is 2. The van der Waals surface area contributed by atoms with Gasteiger partial charge in [-0.3, -0.25) is 14.4 Å². The third-order valence-corrected chi connectivity index (χ3v) is 3.14. The molecule has 2 N–H and O–H groups in total. The van der Waals surface area contributed by atoms with Crippen LogP contribution in [-0.2, 0) is 16.0 Å². The molecular weight excluding hydrogens is 272 g/mol. The molecule has 0 aliphatic carbocycles. The van der Waals surface area contributed by atoms with E-state index in [4.69, 9.17) is 11.5 Å². The molecule has 2 rings (SSSR count). The van der Waals surface area contributed by atoms with Gasteiger partial charge in [-0.1, -0.05) is 5.92 Å². The number of nitrogens with one attached hydrogen (secondary N) is 1. The summed E-state index contributed by atoms with van der Waals surface area (Å²) in [5, 5.41) is 11.5. The van der Waals surface area contributed by atoms with E-state index in [0.717, 1.165) is 10.5 Å². The third kappa shape index (κ3) is 3.39. The van der Waals surface area contributed by atoms with Crippen molar-refractivity contribution >= 4 is 23.5 Å². The Bertz CT molecular complexity index is 646. The standard InChI is InChI=1S/C15H14N2O4/c1-2-7-17(9-14(19)20)15(21)11-3-5-12-10(8-11)4-6-13(18)16-12/h1,3,5,8H,4,6-7,9H2,(H,16,18)(H,19,20). The van der Waals surface area contributed by atoms with E-state index in [1.54, 1.807) is 18.2 Å². The Hall–Kier alpha value is -2.81. The molecule has 0 spiro atoms. The molecule has 6 heteroatoms. The molecule has 0 saturated heterocycles. The molecule has 1 aromatic carbocycles. The lowest BCUT2D eigenvalue weighted by molar-refractivity contribution is -0.137. The maximum atomic E-state index is 12.3. The second-order valence-electron chi connectivity index (χ2n) is 4.68. The van der Waals surface area contributed by atoms with Crippen LogP contribution in [0.1, 0.15) is 22.3 Å². The number of amides is 2. The molecular formula is C15H14N2O4. The zero-order chi connectivity index (χ0) is 15.4. The number of hydrogen-bond acceptors (Lipinski definition) is 3. The van der Waals surface area contributed by atoms with Gasteiger partial charge < -0.3 is 15.3 Å². The first-order chi connectivity index (χ1) is 10.0. The Morgan fingerprint density at radius 2 is 2.14 bits per heavy atom. The zero-order valence-electron chi connectivity index (χ0n) is 11.3. The molecule has 0 radical (unpaired) electrons. The van der Waals surface area contributed by atoms with Crippen molar-refractivity contribution in [3.63, 3.8) is 0 Å². The maximum absolute atomic E-state index is 12.3. The first-order valence-corrected chi connectivity index (χ1v) is 6.38. The van der Waals surface area contributed by atoms with Crippen LogP contribution in [0.3, 0.4) is 0 Å². The molecule has 0 atom stereocenters. The number of rotatable bonds is 4. The number of aliphatic carboxylic acids is 1. The fourth-order valence-corrected chi connectivity index (χ4v) is 2.17. The average molecular weight is 286 g/mol. The van der Waals surface area contributed by atoms with Crippen molar-refractivity contribution in [1.82, 2.24) is 4.90 Å². The molecule has 1 aromatic rings. The van der Waals surface area contributed by atoms with Crippen LogP contribution >= 0.6 is 0 Å². The Morgan fingerprint density at radius 1 is 1.38 bits per heavy atom. The van der Waals surface area contributed by atoms with Crippen molar-refractivity contribution in [1.29, 1.82) is 0 Å². The van der Waals surface area contributed by atoms with Gasteiger partial charge in [0, 0.05) is 17.7 Å². The van der Waals surface area contributed by atoms with E-state index in [-0.39, 0.29) is 12.5 Å². The van der Waals surface area contributed by atoms with E-state index in [9.17, 15) is 14.4 Å². The van der Waals surface area contributed by atoms with Crippen molar-refractivity contribution in [3.8, 4) is 12.3 Å². The van der Waals surface area contributed by atoms with Crippen LogP contribution < -0.4 is 5.32 Å². The maximum Gasteiger partial charge on any atom is 0.323 e. The summed E-state index contributed by atoms with van der Waals surface area (Å²) in [5.74, 6) is 0.666. The first kappa shape index (κ1) is 14.6. The molecule has 0 saturated carbocycles. The number of anilines is 1. The quantitative estimate of drug-likeness (QED) is 0.799. The highest BCUT2D eigenvalue weighted by Crippen LogP contribution is 2.24. The second kappa shape index (κ2) is 6.09. The summed E-state index contributed by atoms with van der Waals surface area (Å²) in [6, 6.07) is 4.87. The van der Waals surface area contributed by atoms with Crippen molar-refractivity contribution in [2.45, 2.75) is 12.8 Å². The molecule has 0 fully saturated rings. The second-order valence-corrected chi connectivity index (χ2v) is 4.68. The van der Waals surface area contributed by atoms with E-state index < -0.39 is 18.4 Å². The van der Waals surface area contributed by atoms with Gasteiger partial charge in [0.15, 0.2) is 0 Å². The predicted molar refractivity (Wildman–Crippen MR) is 75.8 cm³/mol. The lowest BCUT2D eigenvalue weighted by Crippen LogP contribution is -2.36. The van der Waals surface area contributed by atoms with Crippen LogP contribution in [0.25, 0.3) is 0 Å². The summed E-state index contributed by atoms with van der Waals surface area (Å²) in [6.45, 7) is -0.518. The minimum absolute atomic E-state index is 0.0542. The molecule has 2 amide bonds. The molecule has 0 bridgehead atoms.